The van der Waals surface area contributed by atoms with Crippen LogP contribution < -0.4 is 5.32 Å². The monoisotopic (exact) mass is 283 g/mol. The van der Waals surface area contributed by atoms with Gasteiger partial charge in [0.25, 0.3) is 0 Å². The minimum atomic E-state index is -0.541. The summed E-state index contributed by atoms with van der Waals surface area (Å²) in [5, 5.41) is 12.8. The van der Waals surface area contributed by atoms with E-state index in [9.17, 15) is 13.9 Å². The number of phenols is 1. The summed E-state index contributed by atoms with van der Waals surface area (Å²) in [7, 11) is 0. The van der Waals surface area contributed by atoms with Crippen LogP contribution in [0.2, 0.25) is 5.02 Å². The summed E-state index contributed by atoms with van der Waals surface area (Å²) in [5.41, 5.74) is 0.795. The molecule has 0 fully saturated rings. The van der Waals surface area contributed by atoms with Crippen LogP contribution in [0.5, 0.6) is 5.75 Å². The van der Waals surface area contributed by atoms with Crippen molar-refractivity contribution in [2.24, 2.45) is 0 Å². The lowest BCUT2D eigenvalue weighted by molar-refractivity contribution is 0.469. The maximum Gasteiger partial charge on any atom is 0.146 e. The van der Waals surface area contributed by atoms with E-state index in [4.69, 9.17) is 11.6 Å². The summed E-state index contributed by atoms with van der Waals surface area (Å²) < 4.78 is 26.9. The van der Waals surface area contributed by atoms with E-state index in [0.29, 0.717) is 10.6 Å². The highest BCUT2D eigenvalue weighted by atomic mass is 35.5. The lowest BCUT2D eigenvalue weighted by Crippen LogP contribution is -2.03. The summed E-state index contributed by atoms with van der Waals surface area (Å²) in [6.45, 7) is 1.64. The van der Waals surface area contributed by atoms with E-state index in [1.165, 1.54) is 13.0 Å². The molecule has 0 aliphatic heterocycles. The van der Waals surface area contributed by atoms with Gasteiger partial charge < -0.3 is 10.4 Å². The lowest BCUT2D eigenvalue weighted by Gasteiger charge is -2.10. The zero-order valence-electron chi connectivity index (χ0n) is 10.2. The molecule has 0 aromatic heterocycles. The molecule has 0 aliphatic rings. The van der Waals surface area contributed by atoms with Crippen LogP contribution in [0.3, 0.4) is 0 Å². The summed E-state index contributed by atoms with van der Waals surface area (Å²) >= 11 is 5.80. The van der Waals surface area contributed by atoms with Gasteiger partial charge >= 0.3 is 0 Å². The maximum atomic E-state index is 13.6. The number of benzene rings is 2. The third-order valence-corrected chi connectivity index (χ3v) is 2.99. The zero-order valence-corrected chi connectivity index (χ0v) is 10.9. The Bertz CT molecular complexity index is 617. The Hall–Kier alpha value is -1.81. The van der Waals surface area contributed by atoms with Crippen molar-refractivity contribution in [1.82, 2.24) is 0 Å². The molecule has 0 saturated heterocycles. The first kappa shape index (κ1) is 13.6. The maximum absolute atomic E-state index is 13.6. The second-order valence-electron chi connectivity index (χ2n) is 4.21. The molecule has 2 aromatic rings. The van der Waals surface area contributed by atoms with E-state index in [1.54, 1.807) is 12.1 Å². The third kappa shape index (κ3) is 3.15. The number of anilines is 1. The number of rotatable bonds is 3. The van der Waals surface area contributed by atoms with Crippen molar-refractivity contribution in [1.29, 1.82) is 0 Å². The van der Waals surface area contributed by atoms with Gasteiger partial charge in [0, 0.05) is 23.2 Å². The summed E-state index contributed by atoms with van der Waals surface area (Å²) in [5.74, 6) is -0.982. The van der Waals surface area contributed by atoms with Gasteiger partial charge in [-0.3, -0.25) is 0 Å². The molecule has 0 radical (unpaired) electrons. The number of halogens is 3. The summed E-state index contributed by atoms with van der Waals surface area (Å²) in [4.78, 5) is 0. The number of aromatic hydroxyl groups is 1. The standard InChI is InChI=1S/C14H12ClF2NO/c1-8-4-12(17)13(6-11(8)16)18-7-9-5-10(15)2-3-14(9)19/h2-6,18-19H,7H2,1H3. The Morgan fingerprint density at radius 3 is 2.63 bits per heavy atom. The van der Waals surface area contributed by atoms with Crippen molar-refractivity contribution in [2.75, 3.05) is 5.32 Å². The van der Waals surface area contributed by atoms with Gasteiger partial charge in [-0.25, -0.2) is 8.78 Å². The van der Waals surface area contributed by atoms with E-state index in [0.717, 1.165) is 12.1 Å². The largest absolute Gasteiger partial charge is 0.508 e. The average molecular weight is 284 g/mol. The predicted molar refractivity (Wildman–Crippen MR) is 71.5 cm³/mol. The fourth-order valence-corrected chi connectivity index (χ4v) is 1.86. The molecular weight excluding hydrogens is 272 g/mol. The Balaban J connectivity index is 2.19. The first-order chi connectivity index (χ1) is 8.97. The van der Waals surface area contributed by atoms with Crippen LogP contribution in [0, 0.1) is 18.6 Å². The van der Waals surface area contributed by atoms with E-state index in [1.807, 2.05) is 0 Å². The lowest BCUT2D eigenvalue weighted by atomic mass is 10.1. The summed E-state index contributed by atoms with van der Waals surface area (Å²) in [6.07, 6.45) is 0. The SMILES string of the molecule is Cc1cc(F)c(NCc2cc(Cl)ccc2O)cc1F. The predicted octanol–water partition coefficient (Wildman–Crippen LogP) is 4.24. The molecule has 2 rings (SSSR count). The Morgan fingerprint density at radius 2 is 1.89 bits per heavy atom. The second-order valence-corrected chi connectivity index (χ2v) is 4.64. The molecule has 2 N–H and O–H groups in total. The highest BCUT2D eigenvalue weighted by molar-refractivity contribution is 6.30. The smallest absolute Gasteiger partial charge is 0.146 e. The van der Waals surface area contributed by atoms with E-state index < -0.39 is 11.6 Å². The fourth-order valence-electron chi connectivity index (χ4n) is 1.67. The van der Waals surface area contributed by atoms with Gasteiger partial charge in [0.15, 0.2) is 0 Å². The van der Waals surface area contributed by atoms with E-state index >= 15 is 0 Å². The summed E-state index contributed by atoms with van der Waals surface area (Å²) in [6, 6.07) is 6.77. The van der Waals surface area contributed by atoms with Crippen LogP contribution in [-0.2, 0) is 6.54 Å². The highest BCUT2D eigenvalue weighted by Gasteiger charge is 2.08. The van der Waals surface area contributed by atoms with Gasteiger partial charge in [-0.05, 0) is 36.8 Å². The first-order valence-corrected chi connectivity index (χ1v) is 6.02. The molecule has 2 aromatic carbocycles. The molecule has 0 spiro atoms. The minimum Gasteiger partial charge on any atom is -0.508 e. The Kier molecular flexibility index (Phi) is 3.90. The van der Waals surface area contributed by atoms with Crippen molar-refractivity contribution in [2.45, 2.75) is 13.5 Å². The van der Waals surface area contributed by atoms with Crippen LogP contribution in [0.25, 0.3) is 0 Å². The number of hydrogen-bond donors (Lipinski definition) is 2. The van der Waals surface area contributed by atoms with Gasteiger partial charge in [0.05, 0.1) is 5.69 Å². The molecule has 0 saturated carbocycles. The van der Waals surface area contributed by atoms with Gasteiger partial charge in [-0.15, -0.1) is 0 Å². The molecule has 0 heterocycles. The topological polar surface area (TPSA) is 32.3 Å². The first-order valence-electron chi connectivity index (χ1n) is 5.64. The van der Waals surface area contributed by atoms with Crippen molar-refractivity contribution < 1.29 is 13.9 Å². The quantitative estimate of drug-likeness (QED) is 0.883. The number of phenolic OH excluding ortho intramolecular Hbond substituents is 1. The van der Waals surface area contributed by atoms with Crippen molar-refractivity contribution >= 4 is 17.3 Å². The Morgan fingerprint density at radius 1 is 1.16 bits per heavy atom. The average Bonchev–Trinajstić information content (AvgIpc) is 2.36. The van der Waals surface area contributed by atoms with Crippen LogP contribution >= 0.6 is 11.6 Å². The van der Waals surface area contributed by atoms with E-state index in [-0.39, 0.29) is 23.5 Å². The van der Waals surface area contributed by atoms with Gasteiger partial charge in [-0.2, -0.15) is 0 Å². The molecule has 5 heteroatoms. The van der Waals surface area contributed by atoms with Crippen molar-refractivity contribution in [3.05, 3.63) is 58.1 Å². The highest BCUT2D eigenvalue weighted by Crippen LogP contribution is 2.24. The van der Waals surface area contributed by atoms with E-state index in [2.05, 4.69) is 5.32 Å². The zero-order chi connectivity index (χ0) is 14.0. The fraction of sp³-hybridized carbons (Fsp3) is 0.143. The molecule has 0 bridgehead atoms. The number of hydrogen-bond acceptors (Lipinski definition) is 2. The molecule has 2 nitrogen and oxygen atoms in total. The molecule has 0 unspecified atom stereocenters. The van der Waals surface area contributed by atoms with Crippen molar-refractivity contribution in [3.63, 3.8) is 0 Å². The van der Waals surface area contributed by atoms with Crippen molar-refractivity contribution in [3.8, 4) is 5.75 Å². The molecular formula is C14H12ClF2NO. The third-order valence-electron chi connectivity index (χ3n) is 2.76. The minimum absolute atomic E-state index is 0.0440. The second kappa shape index (κ2) is 5.45. The Labute approximate surface area is 114 Å². The molecule has 19 heavy (non-hydrogen) atoms. The number of aryl methyl sites for hydroxylation is 1. The van der Waals surface area contributed by atoms with Crippen LogP contribution in [0.15, 0.2) is 30.3 Å². The van der Waals surface area contributed by atoms with Gasteiger partial charge in [0.1, 0.15) is 17.4 Å². The van der Waals surface area contributed by atoms with Gasteiger partial charge in [0.2, 0.25) is 0 Å². The molecule has 0 atom stereocenters. The normalized spacial score (nSPS) is 10.5. The molecule has 100 valence electrons. The number of nitrogens with one attached hydrogen (secondary N) is 1. The van der Waals surface area contributed by atoms with Gasteiger partial charge in [-0.1, -0.05) is 11.6 Å². The van der Waals surface area contributed by atoms with Crippen LogP contribution in [-0.4, -0.2) is 5.11 Å². The molecule has 0 aliphatic carbocycles. The van der Waals surface area contributed by atoms with Crippen LogP contribution in [0.1, 0.15) is 11.1 Å². The van der Waals surface area contributed by atoms with Crippen LogP contribution in [0.4, 0.5) is 14.5 Å². The molecule has 0 amide bonds.